The standard InChI is InChI=1S/C32H30ClF7N2O4S/c33-29-14-6-21(18-41-29)27-4-2-1-3-19(27)16-25(43)17-24-10-5-20-15-22(30(44,31(35,36)37)32(38,39)40)7-13-28(20)42(24)47(45,46)26-11-8-23(34)9-12-26/h6-9,11-15,18-19,24,27,44H,1-5,10,16-17H2/t19-,24+,27-/m1/s1. The highest BCUT2D eigenvalue weighted by atomic mass is 35.5. The summed E-state index contributed by atoms with van der Waals surface area (Å²) >= 11 is 5.94. The Morgan fingerprint density at radius 2 is 1.57 bits per heavy atom. The summed E-state index contributed by atoms with van der Waals surface area (Å²) in [6.45, 7) is 0. The summed E-state index contributed by atoms with van der Waals surface area (Å²) in [6, 6.07) is 7.86. The molecule has 0 radical (unpaired) electrons. The molecule has 1 saturated carbocycles. The number of aromatic nitrogens is 1. The molecule has 1 N–H and O–H groups in total. The first kappa shape index (κ1) is 35.1. The SMILES string of the molecule is O=C(C[C@H]1CCCC[C@H]1c1ccc(Cl)nc1)C[C@@H]1CCc2cc(C(O)(C(F)(F)F)C(F)(F)F)ccc2N1S(=O)(=O)c1ccc(F)cc1. The Morgan fingerprint density at radius 3 is 2.19 bits per heavy atom. The molecule has 254 valence electrons. The molecule has 2 aromatic carbocycles. The van der Waals surface area contributed by atoms with Crippen LogP contribution in [0.1, 0.15) is 67.6 Å². The van der Waals surface area contributed by atoms with E-state index in [0.29, 0.717) is 17.3 Å². The molecule has 0 saturated heterocycles. The molecule has 2 aliphatic rings. The zero-order valence-corrected chi connectivity index (χ0v) is 26.2. The number of alkyl halides is 6. The number of fused-ring (bicyclic) bond motifs is 1. The average Bonchev–Trinajstić information content (AvgIpc) is 3.00. The quantitative estimate of drug-likeness (QED) is 0.189. The summed E-state index contributed by atoms with van der Waals surface area (Å²) in [5.74, 6) is -1.06. The lowest BCUT2D eigenvalue weighted by Crippen LogP contribution is -2.54. The van der Waals surface area contributed by atoms with E-state index in [9.17, 15) is 49.1 Å². The third-order valence-corrected chi connectivity index (χ3v) is 11.1. The Morgan fingerprint density at radius 1 is 0.915 bits per heavy atom. The molecule has 5 rings (SSSR count). The maximum atomic E-state index is 14.0. The number of Topliss-reactive ketones (excluding diaryl/α,β-unsaturated/α-hetero) is 1. The van der Waals surface area contributed by atoms with Crippen molar-refractivity contribution in [2.75, 3.05) is 4.31 Å². The number of pyridine rings is 1. The van der Waals surface area contributed by atoms with E-state index in [4.69, 9.17) is 11.6 Å². The van der Waals surface area contributed by atoms with Crippen molar-refractivity contribution < 1.29 is 49.1 Å². The van der Waals surface area contributed by atoms with Crippen molar-refractivity contribution in [2.24, 2.45) is 5.92 Å². The molecule has 1 aromatic heterocycles. The number of rotatable bonds is 8. The molecule has 1 aliphatic carbocycles. The fourth-order valence-corrected chi connectivity index (χ4v) is 8.55. The van der Waals surface area contributed by atoms with Crippen LogP contribution in [-0.2, 0) is 26.8 Å². The van der Waals surface area contributed by atoms with Crippen LogP contribution in [0.3, 0.4) is 0 Å². The van der Waals surface area contributed by atoms with Crippen LogP contribution in [0.5, 0.6) is 0 Å². The van der Waals surface area contributed by atoms with Crippen molar-refractivity contribution in [3.05, 3.63) is 88.5 Å². The first-order valence-electron chi connectivity index (χ1n) is 14.9. The Hall–Kier alpha value is -3.23. The summed E-state index contributed by atoms with van der Waals surface area (Å²) in [6.07, 6.45) is -7.67. The van der Waals surface area contributed by atoms with Crippen LogP contribution in [0.25, 0.3) is 0 Å². The third kappa shape index (κ3) is 6.86. The molecule has 2 heterocycles. The van der Waals surface area contributed by atoms with Gasteiger partial charge in [-0.1, -0.05) is 42.6 Å². The minimum atomic E-state index is -6.14. The second-order valence-electron chi connectivity index (χ2n) is 12.0. The third-order valence-electron chi connectivity index (χ3n) is 9.04. The number of ketones is 1. The molecule has 0 spiro atoms. The normalized spacial score (nSPS) is 21.0. The molecule has 1 fully saturated rings. The van der Waals surface area contributed by atoms with Gasteiger partial charge in [0.25, 0.3) is 15.6 Å². The van der Waals surface area contributed by atoms with E-state index in [1.807, 2.05) is 6.07 Å². The number of hydrogen-bond donors (Lipinski definition) is 1. The molecule has 0 amide bonds. The number of aryl methyl sites for hydroxylation is 1. The van der Waals surface area contributed by atoms with E-state index >= 15 is 0 Å². The van der Waals surface area contributed by atoms with Crippen LogP contribution in [-0.4, -0.2) is 42.7 Å². The van der Waals surface area contributed by atoms with Crippen LogP contribution in [0.15, 0.2) is 65.7 Å². The average molecular weight is 707 g/mol. The highest BCUT2D eigenvalue weighted by molar-refractivity contribution is 7.92. The number of aliphatic hydroxyl groups is 1. The molecule has 15 heteroatoms. The summed E-state index contributed by atoms with van der Waals surface area (Å²) in [7, 11) is -4.60. The predicted molar refractivity (Wildman–Crippen MR) is 159 cm³/mol. The summed E-state index contributed by atoms with van der Waals surface area (Å²) in [4.78, 5) is 17.3. The largest absolute Gasteiger partial charge is 0.430 e. The molecule has 3 aromatic rings. The highest BCUT2D eigenvalue weighted by Gasteiger charge is 2.71. The minimum absolute atomic E-state index is 0.0167. The fourth-order valence-electron chi connectivity index (χ4n) is 6.72. The number of carbonyl (C=O) groups is 1. The van der Waals surface area contributed by atoms with E-state index in [1.165, 1.54) is 0 Å². The van der Waals surface area contributed by atoms with Gasteiger partial charge in [-0.25, -0.2) is 17.8 Å². The monoisotopic (exact) mass is 706 g/mol. The zero-order chi connectivity index (χ0) is 34.4. The van der Waals surface area contributed by atoms with Crippen LogP contribution in [0.4, 0.5) is 36.4 Å². The maximum Gasteiger partial charge on any atom is 0.430 e. The highest BCUT2D eigenvalue weighted by Crippen LogP contribution is 2.51. The van der Waals surface area contributed by atoms with E-state index in [1.54, 1.807) is 12.3 Å². The second-order valence-corrected chi connectivity index (χ2v) is 14.2. The number of halogens is 8. The van der Waals surface area contributed by atoms with Gasteiger partial charge in [-0.3, -0.25) is 9.10 Å². The van der Waals surface area contributed by atoms with Crippen molar-refractivity contribution in [3.63, 3.8) is 0 Å². The van der Waals surface area contributed by atoms with E-state index in [0.717, 1.165) is 65.9 Å². The minimum Gasteiger partial charge on any atom is -0.369 e. The van der Waals surface area contributed by atoms with Crippen LogP contribution in [0.2, 0.25) is 5.15 Å². The Kier molecular flexibility index (Phi) is 9.70. The van der Waals surface area contributed by atoms with Crippen LogP contribution in [0, 0.1) is 11.7 Å². The van der Waals surface area contributed by atoms with Gasteiger partial charge in [-0.2, -0.15) is 26.3 Å². The Labute approximate surface area is 271 Å². The fraction of sp³-hybridized carbons (Fsp3) is 0.438. The lowest BCUT2D eigenvalue weighted by atomic mass is 9.73. The molecule has 1 aliphatic heterocycles. The van der Waals surface area contributed by atoms with E-state index < -0.39 is 50.3 Å². The number of hydrogen-bond acceptors (Lipinski definition) is 5. The lowest BCUT2D eigenvalue weighted by molar-refractivity contribution is -0.376. The molecule has 47 heavy (non-hydrogen) atoms. The van der Waals surface area contributed by atoms with E-state index in [2.05, 4.69) is 4.98 Å². The number of benzene rings is 2. The molecular weight excluding hydrogens is 677 g/mol. The lowest BCUT2D eigenvalue weighted by Gasteiger charge is -2.39. The van der Waals surface area contributed by atoms with Gasteiger partial charge in [0.1, 0.15) is 16.8 Å². The maximum absolute atomic E-state index is 14.0. The number of sulfonamides is 1. The molecule has 0 bridgehead atoms. The van der Waals surface area contributed by atoms with Gasteiger partial charge in [0.15, 0.2) is 0 Å². The van der Waals surface area contributed by atoms with Crippen molar-refractivity contribution in [1.29, 1.82) is 0 Å². The number of nitrogens with zero attached hydrogens (tertiary/aromatic N) is 2. The van der Waals surface area contributed by atoms with Crippen molar-refractivity contribution >= 4 is 33.1 Å². The molecule has 3 atom stereocenters. The van der Waals surface area contributed by atoms with Crippen LogP contribution < -0.4 is 4.31 Å². The van der Waals surface area contributed by atoms with E-state index in [-0.39, 0.29) is 54.6 Å². The van der Waals surface area contributed by atoms with Gasteiger partial charge in [-0.05, 0) is 85.0 Å². The van der Waals surface area contributed by atoms with Gasteiger partial charge in [0.2, 0.25) is 0 Å². The topological polar surface area (TPSA) is 87.6 Å². The summed E-state index contributed by atoms with van der Waals surface area (Å²) in [5, 5.41) is 10.3. The molecule has 6 nitrogen and oxygen atoms in total. The summed E-state index contributed by atoms with van der Waals surface area (Å²) < 4.78 is 124. The van der Waals surface area contributed by atoms with Crippen LogP contribution >= 0.6 is 11.6 Å². The van der Waals surface area contributed by atoms with Gasteiger partial charge in [0, 0.05) is 24.6 Å². The van der Waals surface area contributed by atoms with Crippen molar-refractivity contribution in [1.82, 2.24) is 4.98 Å². The summed E-state index contributed by atoms with van der Waals surface area (Å²) in [5.41, 5.74) is -6.25. The Bertz CT molecular complexity index is 1700. The van der Waals surface area contributed by atoms with Crippen molar-refractivity contribution in [3.8, 4) is 0 Å². The second kappa shape index (κ2) is 13.0. The first-order valence-corrected chi connectivity index (χ1v) is 16.7. The van der Waals surface area contributed by atoms with Gasteiger partial charge < -0.3 is 5.11 Å². The zero-order valence-electron chi connectivity index (χ0n) is 24.7. The number of carbonyl (C=O) groups excluding carboxylic acids is 1. The van der Waals surface area contributed by atoms with Gasteiger partial charge in [-0.15, -0.1) is 0 Å². The number of anilines is 1. The molecular formula is C32H30ClF7N2O4S. The van der Waals surface area contributed by atoms with Gasteiger partial charge in [0.05, 0.1) is 16.6 Å². The predicted octanol–water partition coefficient (Wildman–Crippen LogP) is 8.02. The van der Waals surface area contributed by atoms with Gasteiger partial charge >= 0.3 is 12.4 Å². The van der Waals surface area contributed by atoms with Crippen molar-refractivity contribution in [2.45, 2.75) is 86.2 Å². The smallest absolute Gasteiger partial charge is 0.369 e. The molecule has 0 unspecified atom stereocenters. The first-order chi connectivity index (χ1) is 21.9. The Balaban J connectivity index is 1.49.